The fourth-order valence-electron chi connectivity index (χ4n) is 2.54. The molecular weight excluding hydrogens is 340 g/mol. The third-order valence-electron chi connectivity index (χ3n) is 3.71. The van der Waals surface area contributed by atoms with Crippen molar-refractivity contribution in [3.8, 4) is 5.75 Å². The van der Waals surface area contributed by atoms with E-state index in [1.54, 1.807) is 61.7 Å². The fourth-order valence-corrected chi connectivity index (χ4v) is 4.06. The maximum Gasteiger partial charge on any atom is 0.264 e. The van der Waals surface area contributed by atoms with Gasteiger partial charge in [-0.2, -0.15) is 0 Å². The van der Waals surface area contributed by atoms with Crippen molar-refractivity contribution >= 4 is 15.7 Å². The van der Waals surface area contributed by atoms with Crippen LogP contribution in [0.1, 0.15) is 0 Å². The van der Waals surface area contributed by atoms with Crippen LogP contribution in [0.15, 0.2) is 59.5 Å². The average molecular weight is 365 g/mol. The van der Waals surface area contributed by atoms with Crippen molar-refractivity contribution < 1.29 is 23.2 Å². The Morgan fingerprint density at radius 1 is 1.08 bits per heavy atom. The van der Waals surface area contributed by atoms with Gasteiger partial charge in [-0.3, -0.25) is 4.31 Å². The van der Waals surface area contributed by atoms with Gasteiger partial charge in [0, 0.05) is 0 Å². The number of methoxy groups -OCH3 is 1. The van der Waals surface area contributed by atoms with Crippen LogP contribution in [0.25, 0.3) is 0 Å². The molecule has 0 saturated carbocycles. The van der Waals surface area contributed by atoms with Gasteiger partial charge in [-0.15, -0.1) is 0 Å². The minimum absolute atomic E-state index is 0.0191. The largest absolute Gasteiger partial charge is 0.497 e. The molecule has 136 valence electrons. The Bertz CT molecular complexity index is 761. The summed E-state index contributed by atoms with van der Waals surface area (Å²) in [4.78, 5) is 1.23. The second-order valence-electron chi connectivity index (χ2n) is 6.11. The molecule has 0 fully saturated rings. The van der Waals surface area contributed by atoms with Crippen LogP contribution in [0.3, 0.4) is 0 Å². The summed E-state index contributed by atoms with van der Waals surface area (Å²) in [5, 5.41) is 10.3. The Morgan fingerprint density at radius 3 is 2.20 bits per heavy atom. The summed E-state index contributed by atoms with van der Waals surface area (Å²) in [7, 11) is 1.59. The van der Waals surface area contributed by atoms with Crippen molar-refractivity contribution in [1.82, 2.24) is 0 Å². The molecule has 0 aromatic heterocycles. The van der Waals surface area contributed by atoms with E-state index in [1.807, 2.05) is 14.1 Å². The number of rotatable bonds is 8. The minimum atomic E-state index is -3.78. The first-order chi connectivity index (χ1) is 11.8. The maximum atomic E-state index is 13.1. The van der Waals surface area contributed by atoms with Gasteiger partial charge in [0.05, 0.1) is 38.3 Å². The zero-order valence-electron chi connectivity index (χ0n) is 14.7. The van der Waals surface area contributed by atoms with Crippen molar-refractivity contribution in [2.45, 2.75) is 11.0 Å². The molecular formula is C18H25N2O4S+. The third kappa shape index (κ3) is 4.94. The molecule has 0 aliphatic carbocycles. The first kappa shape index (κ1) is 19.2. The zero-order valence-corrected chi connectivity index (χ0v) is 15.5. The van der Waals surface area contributed by atoms with Crippen molar-refractivity contribution in [2.75, 3.05) is 38.6 Å². The Kier molecular flexibility index (Phi) is 6.41. The Hall–Kier alpha value is -2.09. The van der Waals surface area contributed by atoms with Gasteiger partial charge in [-0.25, -0.2) is 8.42 Å². The molecule has 7 heteroatoms. The molecule has 2 N–H and O–H groups in total. The number of hydrogen-bond acceptors (Lipinski definition) is 4. The maximum absolute atomic E-state index is 13.1. The number of aliphatic hydroxyl groups is 1. The molecule has 2 aromatic rings. The van der Waals surface area contributed by atoms with Gasteiger partial charge in [0.25, 0.3) is 10.0 Å². The first-order valence-electron chi connectivity index (χ1n) is 8.03. The molecule has 0 aliphatic rings. The zero-order chi connectivity index (χ0) is 18.4. The second kappa shape index (κ2) is 8.33. The topological polar surface area (TPSA) is 71.3 Å². The Labute approximate surface area is 149 Å². The number of aliphatic hydroxyl groups excluding tert-OH is 1. The molecule has 0 heterocycles. The monoisotopic (exact) mass is 365 g/mol. The second-order valence-corrected chi connectivity index (χ2v) is 7.97. The van der Waals surface area contributed by atoms with Crippen molar-refractivity contribution in [1.29, 1.82) is 0 Å². The van der Waals surface area contributed by atoms with E-state index in [-0.39, 0.29) is 11.4 Å². The lowest BCUT2D eigenvalue weighted by Gasteiger charge is -2.27. The number of ether oxygens (including phenoxy) is 1. The van der Waals surface area contributed by atoms with Gasteiger partial charge in [-0.1, -0.05) is 18.2 Å². The van der Waals surface area contributed by atoms with Crippen LogP contribution in [0.4, 0.5) is 5.69 Å². The smallest absolute Gasteiger partial charge is 0.264 e. The molecule has 6 nitrogen and oxygen atoms in total. The highest BCUT2D eigenvalue weighted by Gasteiger charge is 2.27. The highest BCUT2D eigenvalue weighted by molar-refractivity contribution is 7.92. The third-order valence-corrected chi connectivity index (χ3v) is 5.52. The van der Waals surface area contributed by atoms with Crippen LogP contribution in [-0.2, 0) is 10.0 Å². The van der Waals surface area contributed by atoms with Gasteiger partial charge in [0.1, 0.15) is 18.4 Å². The Morgan fingerprint density at radius 2 is 1.68 bits per heavy atom. The van der Waals surface area contributed by atoms with E-state index in [9.17, 15) is 13.5 Å². The molecule has 0 aliphatic heterocycles. The van der Waals surface area contributed by atoms with Crippen LogP contribution >= 0.6 is 0 Å². The van der Waals surface area contributed by atoms with E-state index >= 15 is 0 Å². The summed E-state index contributed by atoms with van der Waals surface area (Å²) in [6.45, 7) is 0.422. The van der Waals surface area contributed by atoms with Crippen molar-refractivity contribution in [3.63, 3.8) is 0 Å². The van der Waals surface area contributed by atoms with Crippen molar-refractivity contribution in [3.05, 3.63) is 54.6 Å². The average Bonchev–Trinajstić information content (AvgIpc) is 2.60. The number of nitrogens with one attached hydrogen (secondary N) is 1. The summed E-state index contributed by atoms with van der Waals surface area (Å²) < 4.78 is 32.5. The number of nitrogens with zero attached hydrogens (tertiary/aromatic N) is 1. The molecule has 2 aromatic carbocycles. The highest BCUT2D eigenvalue weighted by Crippen LogP contribution is 2.25. The quantitative estimate of drug-likeness (QED) is 0.710. The molecule has 0 radical (unpaired) electrons. The first-order valence-corrected chi connectivity index (χ1v) is 9.47. The van der Waals surface area contributed by atoms with E-state index in [2.05, 4.69) is 0 Å². The SMILES string of the molecule is COc1ccc(N(C[C@@H](O)C[NH+](C)C)S(=O)(=O)c2ccccc2)cc1. The number of anilines is 1. The van der Waals surface area contributed by atoms with E-state index in [1.165, 1.54) is 4.31 Å². The summed E-state index contributed by atoms with van der Waals surface area (Å²) in [5.74, 6) is 0.638. The number of hydrogen-bond donors (Lipinski definition) is 2. The molecule has 2 rings (SSSR count). The van der Waals surface area contributed by atoms with Crippen LogP contribution in [0, 0.1) is 0 Å². The summed E-state index contributed by atoms with van der Waals surface area (Å²) >= 11 is 0. The standard InChI is InChI=1S/C18H24N2O4S/c1-19(2)13-16(21)14-20(15-9-11-17(24-3)12-10-15)25(22,23)18-7-5-4-6-8-18/h4-12,16,21H,13-14H2,1-3H3/p+1/t16-/m0/s1. The number of sulfonamides is 1. The van der Waals surface area contributed by atoms with Crippen molar-refractivity contribution in [2.24, 2.45) is 0 Å². The highest BCUT2D eigenvalue weighted by atomic mass is 32.2. The Balaban J connectivity index is 2.40. The number of quaternary nitrogens is 1. The predicted octanol–water partition coefficient (Wildman–Crippen LogP) is 0.396. The van der Waals surface area contributed by atoms with Crippen LogP contribution < -0.4 is 13.9 Å². The minimum Gasteiger partial charge on any atom is -0.497 e. The van der Waals surface area contributed by atoms with E-state index in [0.717, 1.165) is 4.90 Å². The lowest BCUT2D eigenvalue weighted by molar-refractivity contribution is -0.861. The number of likely N-dealkylation sites (N-methyl/N-ethyl adjacent to an activating group) is 1. The lowest BCUT2D eigenvalue weighted by Crippen LogP contribution is -3.07. The molecule has 0 unspecified atom stereocenters. The fraction of sp³-hybridized carbons (Fsp3) is 0.333. The van der Waals surface area contributed by atoms with Gasteiger partial charge >= 0.3 is 0 Å². The summed E-state index contributed by atoms with van der Waals surface area (Å²) in [6.07, 6.45) is -0.786. The summed E-state index contributed by atoms with van der Waals surface area (Å²) in [6, 6.07) is 15.0. The molecule has 0 spiro atoms. The van der Waals surface area contributed by atoms with Gasteiger partial charge in [0.15, 0.2) is 0 Å². The lowest BCUT2D eigenvalue weighted by atomic mass is 10.2. The van der Waals surface area contributed by atoms with E-state index < -0.39 is 16.1 Å². The van der Waals surface area contributed by atoms with E-state index in [4.69, 9.17) is 4.74 Å². The number of benzene rings is 2. The summed E-state index contributed by atoms with van der Waals surface area (Å²) in [5.41, 5.74) is 0.484. The predicted molar refractivity (Wildman–Crippen MR) is 97.7 cm³/mol. The van der Waals surface area contributed by atoms with Gasteiger partial charge < -0.3 is 14.7 Å². The molecule has 25 heavy (non-hydrogen) atoms. The van der Waals surface area contributed by atoms with Gasteiger partial charge in [-0.05, 0) is 36.4 Å². The van der Waals surface area contributed by atoms with Crippen LogP contribution in [0.2, 0.25) is 0 Å². The molecule has 0 bridgehead atoms. The normalized spacial score (nSPS) is 12.8. The molecule has 0 saturated heterocycles. The van der Waals surface area contributed by atoms with Crippen LogP contribution in [0.5, 0.6) is 5.75 Å². The van der Waals surface area contributed by atoms with E-state index in [0.29, 0.717) is 18.0 Å². The van der Waals surface area contributed by atoms with Gasteiger partial charge in [0.2, 0.25) is 0 Å². The van der Waals surface area contributed by atoms with Crippen LogP contribution in [-0.4, -0.2) is 53.9 Å². The molecule has 1 atom stereocenters. The molecule has 0 amide bonds.